The first-order valence-corrected chi connectivity index (χ1v) is 13.2. The first kappa shape index (κ1) is 28.3. The van der Waals surface area contributed by atoms with E-state index in [2.05, 4.69) is 65.5 Å². The van der Waals surface area contributed by atoms with E-state index in [-0.39, 0.29) is 22.6 Å². The van der Waals surface area contributed by atoms with Crippen molar-refractivity contribution in [2.24, 2.45) is 5.41 Å². The van der Waals surface area contributed by atoms with Gasteiger partial charge in [-0.2, -0.15) is 13.2 Å². The van der Waals surface area contributed by atoms with Crippen molar-refractivity contribution in [3.63, 3.8) is 0 Å². The van der Waals surface area contributed by atoms with E-state index in [4.69, 9.17) is 0 Å². The van der Waals surface area contributed by atoms with Crippen LogP contribution in [0, 0.1) is 5.41 Å². The van der Waals surface area contributed by atoms with Crippen LogP contribution >= 0.6 is 11.3 Å². The molecule has 0 saturated heterocycles. The lowest BCUT2D eigenvalue weighted by atomic mass is 9.82. The molecule has 12 heteroatoms. The van der Waals surface area contributed by atoms with Crippen molar-refractivity contribution < 1.29 is 18.0 Å². The zero-order valence-electron chi connectivity index (χ0n) is 22.6. The van der Waals surface area contributed by atoms with E-state index in [0.29, 0.717) is 21.3 Å². The highest BCUT2D eigenvalue weighted by Crippen LogP contribution is 2.32. The monoisotopic (exact) mass is 559 g/mol. The minimum atomic E-state index is -4.39. The van der Waals surface area contributed by atoms with Crippen molar-refractivity contribution >= 4 is 39.4 Å². The molecule has 0 fully saturated rings. The number of nitrogens with one attached hydrogen (secondary N) is 3. The zero-order valence-corrected chi connectivity index (χ0v) is 23.5. The van der Waals surface area contributed by atoms with Gasteiger partial charge in [0.05, 0.1) is 30.2 Å². The molecule has 3 heterocycles. The second kappa shape index (κ2) is 10.5. The smallest absolute Gasteiger partial charge is 0.365 e. The van der Waals surface area contributed by atoms with Crippen LogP contribution in [0.5, 0.6) is 0 Å². The van der Waals surface area contributed by atoms with Crippen molar-refractivity contribution in [1.82, 2.24) is 24.7 Å². The SMILES string of the molecule is CC(NC(=O)c1cn2c(NC(C)(C)CC(C)(C)C)cnc2cn1)c1ncc(Nc2ccc(C(F)(F)F)cc2)s1. The van der Waals surface area contributed by atoms with Crippen molar-refractivity contribution in [3.8, 4) is 0 Å². The van der Waals surface area contributed by atoms with Gasteiger partial charge >= 0.3 is 6.18 Å². The van der Waals surface area contributed by atoms with Crippen LogP contribution in [0.3, 0.4) is 0 Å². The number of carbonyl (C=O) groups excluding carboxylic acids is 1. The number of anilines is 3. The van der Waals surface area contributed by atoms with Gasteiger partial charge in [0.1, 0.15) is 21.5 Å². The van der Waals surface area contributed by atoms with Crippen molar-refractivity contribution in [1.29, 1.82) is 0 Å². The summed E-state index contributed by atoms with van der Waals surface area (Å²) < 4.78 is 40.2. The van der Waals surface area contributed by atoms with E-state index in [1.807, 2.05) is 4.40 Å². The number of nitrogens with zero attached hydrogens (tertiary/aromatic N) is 4. The summed E-state index contributed by atoms with van der Waals surface area (Å²) in [7, 11) is 0. The molecule has 0 spiro atoms. The average molecular weight is 560 g/mol. The van der Waals surface area contributed by atoms with Gasteiger partial charge in [-0.25, -0.2) is 15.0 Å². The fourth-order valence-electron chi connectivity index (χ4n) is 4.58. The largest absolute Gasteiger partial charge is 0.416 e. The van der Waals surface area contributed by atoms with Gasteiger partial charge < -0.3 is 16.0 Å². The minimum Gasteiger partial charge on any atom is -0.365 e. The number of hydrogen-bond donors (Lipinski definition) is 3. The molecule has 1 aromatic carbocycles. The molecular formula is C27H32F3N7OS. The summed E-state index contributed by atoms with van der Waals surface area (Å²) in [5, 5.41) is 10.8. The van der Waals surface area contributed by atoms with Gasteiger partial charge in [0, 0.05) is 17.4 Å². The summed E-state index contributed by atoms with van der Waals surface area (Å²) in [4.78, 5) is 26.1. The molecule has 0 aliphatic carbocycles. The predicted molar refractivity (Wildman–Crippen MR) is 147 cm³/mol. The number of carbonyl (C=O) groups is 1. The van der Waals surface area contributed by atoms with Crippen LogP contribution in [-0.4, -0.2) is 30.8 Å². The molecule has 4 rings (SSSR count). The highest BCUT2D eigenvalue weighted by Gasteiger charge is 2.30. The fraction of sp³-hybridized carbons (Fsp3) is 0.407. The Morgan fingerprint density at radius 1 is 1.00 bits per heavy atom. The summed E-state index contributed by atoms with van der Waals surface area (Å²) in [5.74, 6) is 0.396. The number of halogens is 3. The molecule has 208 valence electrons. The lowest BCUT2D eigenvalue weighted by Gasteiger charge is -2.33. The van der Waals surface area contributed by atoms with Crippen molar-refractivity contribution in [2.45, 2.75) is 65.7 Å². The van der Waals surface area contributed by atoms with Crippen LogP contribution in [0.1, 0.15) is 75.1 Å². The third-order valence-electron chi connectivity index (χ3n) is 5.79. The Kier molecular flexibility index (Phi) is 7.61. The quantitative estimate of drug-likeness (QED) is 0.214. The van der Waals surface area contributed by atoms with Crippen LogP contribution in [0.15, 0.2) is 49.1 Å². The van der Waals surface area contributed by atoms with Gasteiger partial charge in [-0.05, 0) is 56.9 Å². The molecule has 0 saturated carbocycles. The second-order valence-corrected chi connectivity index (χ2v) is 12.4. The van der Waals surface area contributed by atoms with Crippen LogP contribution in [0.25, 0.3) is 5.65 Å². The van der Waals surface area contributed by atoms with Gasteiger partial charge in [0.2, 0.25) is 0 Å². The molecule has 3 N–H and O–H groups in total. The second-order valence-electron chi connectivity index (χ2n) is 11.3. The van der Waals surface area contributed by atoms with E-state index in [9.17, 15) is 18.0 Å². The summed E-state index contributed by atoms with van der Waals surface area (Å²) in [6, 6.07) is 4.33. The number of fused-ring (bicyclic) bond motifs is 1. The number of rotatable bonds is 8. The Morgan fingerprint density at radius 2 is 1.69 bits per heavy atom. The van der Waals surface area contributed by atoms with Crippen LogP contribution in [-0.2, 0) is 6.18 Å². The van der Waals surface area contributed by atoms with Gasteiger partial charge in [-0.1, -0.05) is 32.1 Å². The number of benzene rings is 1. The lowest BCUT2D eigenvalue weighted by molar-refractivity contribution is -0.137. The van der Waals surface area contributed by atoms with Crippen molar-refractivity contribution in [2.75, 3.05) is 10.6 Å². The first-order valence-electron chi connectivity index (χ1n) is 12.4. The number of amides is 1. The normalized spacial score (nSPS) is 13.4. The van der Waals surface area contributed by atoms with Gasteiger partial charge in [0.25, 0.3) is 5.91 Å². The molecule has 0 radical (unpaired) electrons. The average Bonchev–Trinajstić information content (AvgIpc) is 3.44. The summed E-state index contributed by atoms with van der Waals surface area (Å²) in [5.41, 5.74) is 0.557. The van der Waals surface area contributed by atoms with Crippen LogP contribution in [0.2, 0.25) is 0 Å². The Hall–Kier alpha value is -3.67. The van der Waals surface area contributed by atoms with Crippen molar-refractivity contribution in [3.05, 3.63) is 65.3 Å². The highest BCUT2D eigenvalue weighted by atomic mass is 32.1. The maximum Gasteiger partial charge on any atom is 0.416 e. The molecule has 1 atom stereocenters. The molecule has 0 bridgehead atoms. The first-order chi connectivity index (χ1) is 18.1. The molecule has 1 amide bonds. The van der Waals surface area contributed by atoms with E-state index in [0.717, 1.165) is 24.4 Å². The van der Waals surface area contributed by atoms with Crippen LogP contribution in [0.4, 0.5) is 29.7 Å². The number of aromatic nitrogens is 4. The summed E-state index contributed by atoms with van der Waals surface area (Å²) >= 11 is 1.30. The van der Waals surface area contributed by atoms with E-state index < -0.39 is 17.8 Å². The molecular weight excluding hydrogens is 527 g/mol. The Bertz CT molecular complexity index is 1450. The maximum atomic E-state index is 13.0. The third-order valence-corrected chi connectivity index (χ3v) is 6.88. The fourth-order valence-corrected chi connectivity index (χ4v) is 5.42. The Morgan fingerprint density at radius 3 is 2.33 bits per heavy atom. The van der Waals surface area contributed by atoms with E-state index >= 15 is 0 Å². The van der Waals surface area contributed by atoms with E-state index in [1.54, 1.807) is 31.7 Å². The van der Waals surface area contributed by atoms with Crippen LogP contribution < -0.4 is 16.0 Å². The zero-order chi connectivity index (χ0) is 28.6. The standard InChI is InChI=1S/C27H32F3N7OS/c1-16(24-33-13-22(39-24)35-18-9-7-17(8-10-18)27(28,29)30)34-23(38)19-14-37-20(11-31-19)32-12-21(37)36-26(5,6)15-25(2,3)4/h7-14,16,35-36H,15H2,1-6H3,(H,34,38). The number of hydrogen-bond acceptors (Lipinski definition) is 7. The number of thiazole rings is 1. The number of alkyl halides is 3. The van der Waals surface area contributed by atoms with Gasteiger partial charge in [-0.15, -0.1) is 0 Å². The Labute approximate surface area is 229 Å². The molecule has 4 aromatic rings. The molecule has 39 heavy (non-hydrogen) atoms. The maximum absolute atomic E-state index is 13.0. The number of imidazole rings is 1. The highest BCUT2D eigenvalue weighted by molar-refractivity contribution is 7.15. The van der Waals surface area contributed by atoms with E-state index in [1.165, 1.54) is 23.5 Å². The summed E-state index contributed by atoms with van der Waals surface area (Å²) in [6.45, 7) is 12.6. The molecule has 8 nitrogen and oxygen atoms in total. The topological polar surface area (TPSA) is 96.2 Å². The molecule has 3 aromatic heterocycles. The van der Waals surface area contributed by atoms with Gasteiger partial charge in [-0.3, -0.25) is 9.20 Å². The predicted octanol–water partition coefficient (Wildman–Crippen LogP) is 7.07. The third kappa shape index (κ3) is 7.25. The molecule has 0 aliphatic rings. The minimum absolute atomic E-state index is 0.128. The van der Waals surface area contributed by atoms with Gasteiger partial charge in [0.15, 0.2) is 5.65 Å². The lowest BCUT2D eigenvalue weighted by Crippen LogP contribution is -2.35. The molecule has 1 unspecified atom stereocenters. The molecule has 0 aliphatic heterocycles. The summed E-state index contributed by atoms with van der Waals surface area (Å²) in [6.07, 6.45) is 3.05. The Balaban J connectivity index is 1.43.